The second-order valence-electron chi connectivity index (χ2n) is 2.33. The summed E-state index contributed by atoms with van der Waals surface area (Å²) in [6.45, 7) is 6.12. The molecule has 1 N–H and O–H groups in total. The monoisotopic (exact) mass is 156 g/mol. The maximum absolute atomic E-state index is 9.06. The summed E-state index contributed by atoms with van der Waals surface area (Å²) in [5.74, 6) is 0. The average molecular weight is 156 g/mol. The molecule has 1 aliphatic rings. The Morgan fingerprint density at radius 2 is 1.91 bits per heavy atom. The van der Waals surface area contributed by atoms with Gasteiger partial charge in [0.2, 0.25) is 6.41 Å². The summed E-state index contributed by atoms with van der Waals surface area (Å²) in [6.07, 6.45) is 5.26. The largest absolute Gasteiger partial charge is 0.378 e. The highest BCUT2D eigenvalue weighted by molar-refractivity contribution is 5.44. The Morgan fingerprint density at radius 3 is 2.09 bits per heavy atom. The first-order chi connectivity index (χ1) is 5.35. The molecular formula is C8H16N2O. The average Bonchev–Trinajstić information content (AvgIpc) is 2.56. The zero-order valence-electron chi connectivity index (χ0n) is 7.05. The number of hydrogen-bond acceptors (Lipinski definition) is 2. The van der Waals surface area contributed by atoms with Crippen LogP contribution in [0.4, 0.5) is 0 Å². The number of likely N-dealkylation sites (tertiary alicyclic amines) is 1. The van der Waals surface area contributed by atoms with Crippen LogP contribution in [0.2, 0.25) is 0 Å². The third-order valence-electron chi connectivity index (χ3n) is 1.52. The van der Waals surface area contributed by atoms with Gasteiger partial charge in [-0.3, -0.25) is 4.79 Å². The minimum absolute atomic E-state index is 0.625. The summed E-state index contributed by atoms with van der Waals surface area (Å²) in [4.78, 5) is 11.3. The predicted molar refractivity (Wildman–Crippen MR) is 46.1 cm³/mol. The second kappa shape index (κ2) is 7.12. The molecule has 1 rings (SSSR count). The molecule has 0 atom stereocenters. The van der Waals surface area contributed by atoms with Gasteiger partial charge in [-0.15, -0.1) is 0 Å². The van der Waals surface area contributed by atoms with Gasteiger partial charge in [-0.1, -0.05) is 6.58 Å². The van der Waals surface area contributed by atoms with E-state index < -0.39 is 0 Å². The first kappa shape index (κ1) is 10.0. The Morgan fingerprint density at radius 1 is 1.45 bits per heavy atom. The molecule has 0 unspecified atom stereocenters. The normalized spacial score (nSPS) is 14.8. The van der Waals surface area contributed by atoms with Gasteiger partial charge in [0.15, 0.2) is 0 Å². The van der Waals surface area contributed by atoms with Gasteiger partial charge in [-0.25, -0.2) is 0 Å². The Hall–Kier alpha value is -0.990. The van der Waals surface area contributed by atoms with Crippen molar-refractivity contribution in [1.82, 2.24) is 10.2 Å². The molecule has 0 aromatic rings. The zero-order chi connectivity index (χ0) is 8.53. The van der Waals surface area contributed by atoms with Crippen LogP contribution < -0.4 is 5.32 Å². The second-order valence-corrected chi connectivity index (χ2v) is 2.33. The van der Waals surface area contributed by atoms with E-state index in [2.05, 4.69) is 16.8 Å². The highest BCUT2D eigenvalue weighted by Gasteiger charge is 2.04. The lowest BCUT2D eigenvalue weighted by atomic mass is 10.4. The van der Waals surface area contributed by atoms with E-state index in [0.29, 0.717) is 6.41 Å². The van der Waals surface area contributed by atoms with Crippen LogP contribution in [-0.4, -0.2) is 31.4 Å². The van der Waals surface area contributed by atoms with E-state index in [-0.39, 0.29) is 0 Å². The molecule has 11 heavy (non-hydrogen) atoms. The lowest BCUT2D eigenvalue weighted by molar-refractivity contribution is -0.109. The van der Waals surface area contributed by atoms with Gasteiger partial charge >= 0.3 is 0 Å². The van der Waals surface area contributed by atoms with E-state index in [1.165, 1.54) is 25.9 Å². The number of hydrogen-bond donors (Lipinski definition) is 1. The molecule has 1 fully saturated rings. The number of nitrogens with zero attached hydrogens (tertiary/aromatic N) is 1. The lowest BCUT2D eigenvalue weighted by Crippen LogP contribution is -2.08. The molecule has 1 amide bonds. The van der Waals surface area contributed by atoms with Gasteiger partial charge in [-0.05, 0) is 19.0 Å². The first-order valence-corrected chi connectivity index (χ1v) is 3.82. The minimum atomic E-state index is 0.625. The summed E-state index contributed by atoms with van der Waals surface area (Å²) < 4.78 is 0. The maximum atomic E-state index is 9.06. The van der Waals surface area contributed by atoms with Gasteiger partial charge in [0, 0.05) is 20.1 Å². The maximum Gasteiger partial charge on any atom is 0.206 e. The Labute approximate surface area is 68.1 Å². The highest BCUT2D eigenvalue weighted by atomic mass is 16.1. The molecule has 0 bridgehead atoms. The molecule has 3 heteroatoms. The van der Waals surface area contributed by atoms with E-state index in [1.54, 1.807) is 7.05 Å². The van der Waals surface area contributed by atoms with Crippen molar-refractivity contribution in [3.8, 4) is 0 Å². The van der Waals surface area contributed by atoms with Gasteiger partial charge in [0.25, 0.3) is 0 Å². The van der Waals surface area contributed by atoms with Gasteiger partial charge in [-0.2, -0.15) is 0 Å². The molecular weight excluding hydrogens is 140 g/mol. The Bertz CT molecular complexity index is 109. The van der Waals surface area contributed by atoms with Gasteiger partial charge in [0.1, 0.15) is 0 Å². The number of nitrogens with one attached hydrogen (secondary N) is 1. The number of carbonyl (C=O) groups is 1. The summed E-state index contributed by atoms with van der Waals surface area (Å²) in [7, 11) is 1.56. The van der Waals surface area contributed by atoms with E-state index in [0.717, 1.165) is 0 Å². The number of amides is 1. The number of carbonyl (C=O) groups excluding carboxylic acids is 1. The van der Waals surface area contributed by atoms with Crippen LogP contribution in [0.1, 0.15) is 12.8 Å². The van der Waals surface area contributed by atoms with Gasteiger partial charge in [0.05, 0.1) is 0 Å². The predicted octanol–water partition coefficient (Wildman–Crippen LogP) is 0.588. The molecule has 1 aliphatic heterocycles. The van der Waals surface area contributed by atoms with Crippen molar-refractivity contribution in [3.05, 3.63) is 12.8 Å². The molecule has 0 aliphatic carbocycles. The Balaban J connectivity index is 0.000000218. The third-order valence-corrected chi connectivity index (χ3v) is 1.52. The van der Waals surface area contributed by atoms with Crippen LogP contribution in [0.5, 0.6) is 0 Å². The molecule has 0 saturated carbocycles. The summed E-state index contributed by atoms with van der Waals surface area (Å²) in [5.41, 5.74) is 0. The van der Waals surface area contributed by atoms with Crippen LogP contribution in [0.25, 0.3) is 0 Å². The van der Waals surface area contributed by atoms with E-state index in [9.17, 15) is 0 Å². The van der Waals surface area contributed by atoms with Crippen molar-refractivity contribution in [2.75, 3.05) is 20.1 Å². The summed E-state index contributed by atoms with van der Waals surface area (Å²) >= 11 is 0. The van der Waals surface area contributed by atoms with Gasteiger partial charge < -0.3 is 10.2 Å². The van der Waals surface area contributed by atoms with Crippen molar-refractivity contribution in [2.24, 2.45) is 0 Å². The molecule has 1 heterocycles. The number of rotatable bonds is 2. The van der Waals surface area contributed by atoms with Crippen LogP contribution in [0.15, 0.2) is 12.8 Å². The third kappa shape index (κ3) is 5.45. The topological polar surface area (TPSA) is 32.3 Å². The van der Waals surface area contributed by atoms with E-state index in [4.69, 9.17) is 4.79 Å². The first-order valence-electron chi connectivity index (χ1n) is 3.82. The molecule has 0 spiro atoms. The van der Waals surface area contributed by atoms with Crippen LogP contribution in [0, 0.1) is 0 Å². The Kier molecular flexibility index (Phi) is 6.48. The molecule has 0 aromatic heterocycles. The van der Waals surface area contributed by atoms with E-state index in [1.807, 2.05) is 6.20 Å². The fourth-order valence-electron chi connectivity index (χ4n) is 0.924. The minimum Gasteiger partial charge on any atom is -0.378 e. The van der Waals surface area contributed by atoms with Crippen molar-refractivity contribution in [2.45, 2.75) is 12.8 Å². The van der Waals surface area contributed by atoms with Crippen molar-refractivity contribution < 1.29 is 4.79 Å². The molecule has 3 nitrogen and oxygen atoms in total. The van der Waals surface area contributed by atoms with Crippen molar-refractivity contribution in [1.29, 1.82) is 0 Å². The van der Waals surface area contributed by atoms with Crippen LogP contribution in [0.3, 0.4) is 0 Å². The molecule has 0 aromatic carbocycles. The smallest absolute Gasteiger partial charge is 0.206 e. The lowest BCUT2D eigenvalue weighted by Gasteiger charge is -2.07. The van der Waals surface area contributed by atoms with Crippen LogP contribution >= 0.6 is 0 Å². The van der Waals surface area contributed by atoms with E-state index >= 15 is 0 Å². The highest BCUT2D eigenvalue weighted by Crippen LogP contribution is 2.05. The fourth-order valence-corrected chi connectivity index (χ4v) is 0.924. The molecule has 64 valence electrons. The fraction of sp³-hybridized carbons (Fsp3) is 0.625. The SMILES string of the molecule is C=CN1CCCC1.CNC=O. The van der Waals surface area contributed by atoms with Crippen LogP contribution in [-0.2, 0) is 4.79 Å². The summed E-state index contributed by atoms with van der Waals surface area (Å²) in [6, 6.07) is 0. The molecule has 1 saturated heterocycles. The zero-order valence-corrected chi connectivity index (χ0v) is 7.05. The van der Waals surface area contributed by atoms with Crippen molar-refractivity contribution in [3.63, 3.8) is 0 Å². The standard InChI is InChI=1S/C6H11N.C2H5NO/c1-2-7-5-3-4-6-7;1-3-2-4/h2H,1,3-6H2;2H,1H3,(H,3,4). The molecule has 0 radical (unpaired) electrons. The van der Waals surface area contributed by atoms with Crippen molar-refractivity contribution >= 4 is 6.41 Å². The quantitative estimate of drug-likeness (QED) is 0.593. The summed E-state index contributed by atoms with van der Waals surface area (Å²) in [5, 5.41) is 2.25.